The van der Waals surface area contributed by atoms with Crippen molar-refractivity contribution in [3.8, 4) is 5.75 Å². The first kappa shape index (κ1) is 14.8. The molecule has 0 radical (unpaired) electrons. The Kier molecular flexibility index (Phi) is 5.43. The van der Waals surface area contributed by atoms with E-state index >= 15 is 0 Å². The SMILES string of the molecule is CNCc1cc(C)ccc1OCOCC(F)(F)F. The summed E-state index contributed by atoms with van der Waals surface area (Å²) < 4.78 is 45.1. The second kappa shape index (κ2) is 6.61. The van der Waals surface area contributed by atoms with E-state index in [9.17, 15) is 13.2 Å². The van der Waals surface area contributed by atoms with Crippen LogP contribution in [0.15, 0.2) is 18.2 Å². The minimum atomic E-state index is -4.33. The fourth-order valence-electron chi connectivity index (χ4n) is 1.44. The maximum Gasteiger partial charge on any atom is 0.411 e. The Balaban J connectivity index is 2.51. The van der Waals surface area contributed by atoms with Crippen molar-refractivity contribution in [3.05, 3.63) is 29.3 Å². The van der Waals surface area contributed by atoms with Crippen LogP contribution in [-0.2, 0) is 11.3 Å². The van der Waals surface area contributed by atoms with Crippen molar-refractivity contribution in [1.29, 1.82) is 0 Å². The van der Waals surface area contributed by atoms with E-state index in [-0.39, 0.29) is 0 Å². The summed E-state index contributed by atoms with van der Waals surface area (Å²) in [5.41, 5.74) is 1.94. The van der Waals surface area contributed by atoms with Gasteiger partial charge in [0.2, 0.25) is 0 Å². The highest BCUT2D eigenvalue weighted by atomic mass is 19.4. The number of hydrogen-bond donors (Lipinski definition) is 1. The summed E-state index contributed by atoms with van der Waals surface area (Å²) in [7, 11) is 1.78. The van der Waals surface area contributed by atoms with Crippen molar-refractivity contribution >= 4 is 0 Å². The topological polar surface area (TPSA) is 30.5 Å². The van der Waals surface area contributed by atoms with Crippen LogP contribution in [0.25, 0.3) is 0 Å². The van der Waals surface area contributed by atoms with Crippen LogP contribution in [-0.4, -0.2) is 26.6 Å². The third-order valence-electron chi connectivity index (χ3n) is 2.15. The Morgan fingerprint density at radius 1 is 1.28 bits per heavy atom. The van der Waals surface area contributed by atoms with Crippen LogP contribution in [0.3, 0.4) is 0 Å². The molecule has 1 aromatic rings. The fraction of sp³-hybridized carbons (Fsp3) is 0.500. The van der Waals surface area contributed by atoms with Gasteiger partial charge in [-0.25, -0.2) is 0 Å². The zero-order valence-electron chi connectivity index (χ0n) is 10.3. The summed E-state index contributed by atoms with van der Waals surface area (Å²) >= 11 is 0. The Bertz CT molecular complexity index is 380. The molecule has 1 N–H and O–H groups in total. The zero-order chi connectivity index (χ0) is 13.6. The average Bonchev–Trinajstić information content (AvgIpc) is 2.26. The van der Waals surface area contributed by atoms with Crippen LogP contribution in [0.4, 0.5) is 13.2 Å². The van der Waals surface area contributed by atoms with E-state index in [1.807, 2.05) is 19.1 Å². The van der Waals surface area contributed by atoms with Crippen molar-refractivity contribution in [1.82, 2.24) is 5.32 Å². The van der Waals surface area contributed by atoms with Gasteiger partial charge >= 0.3 is 6.18 Å². The molecule has 0 heterocycles. The number of nitrogens with one attached hydrogen (secondary N) is 1. The molecule has 0 atom stereocenters. The summed E-state index contributed by atoms with van der Waals surface area (Å²) in [6.45, 7) is 0.791. The van der Waals surface area contributed by atoms with Gasteiger partial charge in [-0.3, -0.25) is 0 Å². The van der Waals surface area contributed by atoms with Crippen molar-refractivity contribution < 1.29 is 22.6 Å². The minimum Gasteiger partial charge on any atom is -0.467 e. The molecule has 0 spiro atoms. The van der Waals surface area contributed by atoms with E-state index in [4.69, 9.17) is 4.74 Å². The average molecular weight is 263 g/mol. The third-order valence-corrected chi connectivity index (χ3v) is 2.15. The van der Waals surface area contributed by atoms with Gasteiger partial charge in [0.1, 0.15) is 12.4 Å². The molecule has 0 aliphatic heterocycles. The van der Waals surface area contributed by atoms with Gasteiger partial charge in [-0.05, 0) is 20.0 Å². The Hall–Kier alpha value is -1.27. The number of aryl methyl sites for hydroxylation is 1. The standard InChI is InChI=1S/C12H16F3NO2/c1-9-3-4-11(10(5-9)6-16-2)18-8-17-7-12(13,14)15/h3-5,16H,6-8H2,1-2H3. The van der Waals surface area contributed by atoms with Crippen molar-refractivity contribution in [3.63, 3.8) is 0 Å². The van der Waals surface area contributed by atoms with Crippen LogP contribution >= 0.6 is 0 Å². The Morgan fingerprint density at radius 3 is 2.61 bits per heavy atom. The first-order chi connectivity index (χ1) is 8.42. The summed E-state index contributed by atoms with van der Waals surface area (Å²) in [6, 6.07) is 5.47. The smallest absolute Gasteiger partial charge is 0.411 e. The lowest BCUT2D eigenvalue weighted by molar-refractivity contribution is -0.186. The van der Waals surface area contributed by atoms with E-state index < -0.39 is 19.6 Å². The van der Waals surface area contributed by atoms with Crippen molar-refractivity contribution in [2.45, 2.75) is 19.6 Å². The fourth-order valence-corrected chi connectivity index (χ4v) is 1.44. The molecular formula is C12H16F3NO2. The minimum absolute atomic E-state index is 0.417. The molecule has 0 unspecified atom stereocenters. The molecule has 0 saturated heterocycles. The molecule has 0 aliphatic carbocycles. The molecule has 18 heavy (non-hydrogen) atoms. The van der Waals surface area contributed by atoms with Crippen LogP contribution in [0.1, 0.15) is 11.1 Å². The second-order valence-electron chi connectivity index (χ2n) is 3.87. The van der Waals surface area contributed by atoms with Crippen LogP contribution in [0.2, 0.25) is 0 Å². The van der Waals surface area contributed by atoms with E-state index in [0.29, 0.717) is 12.3 Å². The first-order valence-corrected chi connectivity index (χ1v) is 5.44. The summed E-state index contributed by atoms with van der Waals surface area (Å²) in [5.74, 6) is 0.525. The molecule has 1 aromatic carbocycles. The van der Waals surface area contributed by atoms with Crippen LogP contribution in [0, 0.1) is 6.92 Å². The van der Waals surface area contributed by atoms with Gasteiger partial charge in [-0.2, -0.15) is 13.2 Å². The monoisotopic (exact) mass is 263 g/mol. The molecular weight excluding hydrogens is 247 g/mol. The lowest BCUT2D eigenvalue weighted by Gasteiger charge is -2.13. The number of halogens is 3. The number of ether oxygens (including phenoxy) is 2. The normalized spacial score (nSPS) is 11.6. The van der Waals surface area contributed by atoms with Gasteiger partial charge in [0.25, 0.3) is 0 Å². The third kappa shape index (κ3) is 5.37. The molecule has 0 fully saturated rings. The van der Waals surface area contributed by atoms with Gasteiger partial charge in [-0.1, -0.05) is 17.7 Å². The summed E-state index contributed by atoms with van der Waals surface area (Å²) in [6.07, 6.45) is -4.33. The lowest BCUT2D eigenvalue weighted by atomic mass is 10.1. The largest absolute Gasteiger partial charge is 0.467 e. The van der Waals surface area contributed by atoms with Crippen molar-refractivity contribution in [2.24, 2.45) is 0 Å². The molecule has 6 heteroatoms. The first-order valence-electron chi connectivity index (χ1n) is 5.44. The predicted octanol–water partition coefficient (Wildman–Crippen LogP) is 2.63. The highest BCUT2D eigenvalue weighted by Crippen LogP contribution is 2.20. The van der Waals surface area contributed by atoms with Crippen molar-refractivity contribution in [2.75, 3.05) is 20.4 Å². The van der Waals surface area contributed by atoms with E-state index in [1.165, 1.54) is 0 Å². The van der Waals surface area contributed by atoms with E-state index in [0.717, 1.165) is 11.1 Å². The van der Waals surface area contributed by atoms with Gasteiger partial charge < -0.3 is 14.8 Å². The highest BCUT2D eigenvalue weighted by Gasteiger charge is 2.27. The van der Waals surface area contributed by atoms with E-state index in [1.54, 1.807) is 13.1 Å². The summed E-state index contributed by atoms with van der Waals surface area (Å²) in [5, 5.41) is 2.97. The van der Waals surface area contributed by atoms with E-state index in [2.05, 4.69) is 10.1 Å². The zero-order valence-corrected chi connectivity index (χ0v) is 10.3. The van der Waals surface area contributed by atoms with Gasteiger partial charge in [-0.15, -0.1) is 0 Å². The maximum atomic E-state index is 11.8. The van der Waals surface area contributed by atoms with Gasteiger partial charge in [0.15, 0.2) is 6.79 Å². The van der Waals surface area contributed by atoms with Gasteiger partial charge in [0.05, 0.1) is 0 Å². The molecule has 0 bridgehead atoms. The molecule has 1 rings (SSSR count). The second-order valence-corrected chi connectivity index (χ2v) is 3.87. The number of rotatable bonds is 6. The number of alkyl halides is 3. The maximum absolute atomic E-state index is 11.8. The van der Waals surface area contributed by atoms with Crippen LogP contribution in [0.5, 0.6) is 5.75 Å². The Labute approximate surface area is 104 Å². The molecule has 0 amide bonds. The molecule has 0 aliphatic rings. The molecule has 0 saturated carbocycles. The van der Waals surface area contributed by atoms with Crippen LogP contribution < -0.4 is 10.1 Å². The summed E-state index contributed by atoms with van der Waals surface area (Å²) in [4.78, 5) is 0. The quantitative estimate of drug-likeness (QED) is 0.632. The number of benzene rings is 1. The van der Waals surface area contributed by atoms with Gasteiger partial charge in [0, 0.05) is 12.1 Å². The molecule has 3 nitrogen and oxygen atoms in total. The molecule has 102 valence electrons. The number of hydrogen-bond acceptors (Lipinski definition) is 3. The highest BCUT2D eigenvalue weighted by molar-refractivity contribution is 5.36. The Morgan fingerprint density at radius 2 is 2.00 bits per heavy atom. The lowest BCUT2D eigenvalue weighted by Crippen LogP contribution is -2.19. The molecule has 0 aromatic heterocycles. The predicted molar refractivity (Wildman–Crippen MR) is 61.4 cm³/mol.